The normalized spacial score (nSPS) is 11.3. The van der Waals surface area contributed by atoms with Crippen LogP contribution in [0.1, 0.15) is 19.3 Å². The Bertz CT molecular complexity index is 456. The predicted octanol–water partition coefficient (Wildman–Crippen LogP) is 1.22. The molecule has 0 unspecified atom stereocenters. The Hall–Kier alpha value is -1.40. The average molecular weight is 257 g/mol. The largest absolute Gasteiger partial charge is 0.481 e. The number of hydrogen-bond donors (Lipinski definition) is 2. The summed E-state index contributed by atoms with van der Waals surface area (Å²) in [6.45, 7) is 0.254. The molecule has 0 aliphatic carbocycles. The van der Waals surface area contributed by atoms with E-state index in [1.54, 1.807) is 18.2 Å². The van der Waals surface area contributed by atoms with Gasteiger partial charge in [0, 0.05) is 13.0 Å². The second-order valence-corrected chi connectivity index (χ2v) is 5.33. The van der Waals surface area contributed by atoms with Crippen molar-refractivity contribution >= 4 is 16.0 Å². The summed E-state index contributed by atoms with van der Waals surface area (Å²) in [5.74, 6) is -0.865. The van der Waals surface area contributed by atoms with Crippen LogP contribution in [0.3, 0.4) is 0 Å². The zero-order valence-corrected chi connectivity index (χ0v) is 10.1. The SMILES string of the molecule is O=C(O)CCCCNS(=O)(=O)c1ccccc1. The molecule has 0 saturated heterocycles. The highest BCUT2D eigenvalue weighted by Gasteiger charge is 2.11. The van der Waals surface area contributed by atoms with E-state index in [0.717, 1.165) is 0 Å². The Morgan fingerprint density at radius 1 is 1.18 bits per heavy atom. The number of unbranched alkanes of at least 4 members (excludes halogenated alkanes) is 1. The molecule has 0 bridgehead atoms. The van der Waals surface area contributed by atoms with Crippen molar-refractivity contribution in [1.29, 1.82) is 0 Å². The fourth-order valence-corrected chi connectivity index (χ4v) is 2.39. The van der Waals surface area contributed by atoms with Gasteiger partial charge in [0.05, 0.1) is 4.90 Å². The highest BCUT2D eigenvalue weighted by atomic mass is 32.2. The Kier molecular flexibility index (Phi) is 5.11. The molecule has 0 spiro atoms. The van der Waals surface area contributed by atoms with Gasteiger partial charge in [0.2, 0.25) is 10.0 Å². The van der Waals surface area contributed by atoms with Gasteiger partial charge in [0.25, 0.3) is 0 Å². The van der Waals surface area contributed by atoms with Crippen molar-refractivity contribution < 1.29 is 18.3 Å². The Balaban J connectivity index is 2.39. The summed E-state index contributed by atoms with van der Waals surface area (Å²) in [4.78, 5) is 10.5. The Morgan fingerprint density at radius 3 is 2.41 bits per heavy atom. The number of carboxylic acid groups (broad SMARTS) is 1. The number of hydrogen-bond acceptors (Lipinski definition) is 3. The van der Waals surface area contributed by atoms with E-state index >= 15 is 0 Å². The van der Waals surface area contributed by atoms with Gasteiger partial charge in [0.15, 0.2) is 0 Å². The molecule has 1 aromatic rings. The maximum absolute atomic E-state index is 11.7. The van der Waals surface area contributed by atoms with Crippen LogP contribution in [0.25, 0.3) is 0 Å². The Morgan fingerprint density at radius 2 is 1.82 bits per heavy atom. The van der Waals surface area contributed by atoms with Crippen molar-refractivity contribution in [3.63, 3.8) is 0 Å². The van der Waals surface area contributed by atoms with Crippen molar-refractivity contribution in [2.24, 2.45) is 0 Å². The first kappa shape index (κ1) is 13.7. The molecule has 0 saturated carbocycles. The summed E-state index contributed by atoms with van der Waals surface area (Å²) >= 11 is 0. The van der Waals surface area contributed by atoms with Gasteiger partial charge in [-0.25, -0.2) is 13.1 Å². The number of rotatable bonds is 7. The molecule has 0 amide bonds. The maximum Gasteiger partial charge on any atom is 0.303 e. The van der Waals surface area contributed by atoms with E-state index in [-0.39, 0.29) is 17.9 Å². The molecule has 0 aliphatic heterocycles. The summed E-state index contributed by atoms with van der Waals surface area (Å²) in [6, 6.07) is 8.07. The van der Waals surface area contributed by atoms with Gasteiger partial charge in [-0.05, 0) is 25.0 Å². The molecule has 0 fully saturated rings. The molecular weight excluding hydrogens is 242 g/mol. The highest BCUT2D eigenvalue weighted by Crippen LogP contribution is 2.07. The maximum atomic E-state index is 11.7. The standard InChI is InChI=1S/C11H15NO4S/c13-11(14)8-4-5-9-12-17(15,16)10-6-2-1-3-7-10/h1-3,6-7,12H,4-5,8-9H2,(H,13,14). The van der Waals surface area contributed by atoms with Gasteiger partial charge in [0.1, 0.15) is 0 Å². The van der Waals surface area contributed by atoms with E-state index < -0.39 is 16.0 Å². The van der Waals surface area contributed by atoms with Gasteiger partial charge in [-0.2, -0.15) is 0 Å². The highest BCUT2D eigenvalue weighted by molar-refractivity contribution is 7.89. The number of nitrogens with one attached hydrogen (secondary N) is 1. The minimum absolute atomic E-state index is 0.0626. The molecule has 17 heavy (non-hydrogen) atoms. The molecule has 6 heteroatoms. The molecular formula is C11H15NO4S. The van der Waals surface area contributed by atoms with Gasteiger partial charge >= 0.3 is 5.97 Å². The van der Waals surface area contributed by atoms with Crippen LogP contribution in [0, 0.1) is 0 Å². The number of sulfonamides is 1. The second-order valence-electron chi connectivity index (χ2n) is 3.56. The summed E-state index contributed by atoms with van der Waals surface area (Å²) in [6.07, 6.45) is 1.04. The molecule has 2 N–H and O–H groups in total. The lowest BCUT2D eigenvalue weighted by molar-refractivity contribution is -0.137. The van der Waals surface area contributed by atoms with Crippen molar-refractivity contribution in [2.45, 2.75) is 24.2 Å². The summed E-state index contributed by atoms with van der Waals surface area (Å²) in [5, 5.41) is 8.41. The average Bonchev–Trinajstić information content (AvgIpc) is 2.29. The van der Waals surface area contributed by atoms with Gasteiger partial charge < -0.3 is 5.11 Å². The van der Waals surface area contributed by atoms with E-state index in [2.05, 4.69) is 4.72 Å². The molecule has 0 atom stereocenters. The summed E-state index contributed by atoms with van der Waals surface area (Å²) in [7, 11) is -3.46. The van der Waals surface area contributed by atoms with Crippen LogP contribution in [0.2, 0.25) is 0 Å². The summed E-state index contributed by atoms with van der Waals surface area (Å²) in [5.41, 5.74) is 0. The minimum atomic E-state index is -3.46. The van der Waals surface area contributed by atoms with Crippen LogP contribution >= 0.6 is 0 Å². The number of carboxylic acids is 1. The van der Waals surface area contributed by atoms with Crippen molar-refractivity contribution in [1.82, 2.24) is 4.72 Å². The minimum Gasteiger partial charge on any atom is -0.481 e. The number of benzene rings is 1. The molecule has 1 rings (SSSR count). The molecule has 0 aliphatic rings. The van der Waals surface area contributed by atoms with E-state index in [1.165, 1.54) is 12.1 Å². The molecule has 94 valence electrons. The zero-order valence-electron chi connectivity index (χ0n) is 9.30. The smallest absolute Gasteiger partial charge is 0.303 e. The summed E-state index contributed by atoms with van der Waals surface area (Å²) < 4.78 is 25.8. The van der Waals surface area contributed by atoms with Crippen LogP contribution in [0.4, 0.5) is 0 Å². The van der Waals surface area contributed by atoms with Crippen LogP contribution in [-0.2, 0) is 14.8 Å². The fourth-order valence-electron chi connectivity index (χ4n) is 1.29. The van der Waals surface area contributed by atoms with E-state index in [0.29, 0.717) is 12.8 Å². The lowest BCUT2D eigenvalue weighted by Crippen LogP contribution is -2.24. The van der Waals surface area contributed by atoms with Gasteiger partial charge in [-0.15, -0.1) is 0 Å². The lowest BCUT2D eigenvalue weighted by atomic mass is 10.2. The number of aliphatic carboxylic acids is 1. The van der Waals surface area contributed by atoms with E-state index in [9.17, 15) is 13.2 Å². The monoisotopic (exact) mass is 257 g/mol. The molecule has 0 radical (unpaired) electrons. The molecule has 0 aromatic heterocycles. The zero-order chi connectivity index (χ0) is 12.7. The van der Waals surface area contributed by atoms with Gasteiger partial charge in [-0.1, -0.05) is 18.2 Å². The quantitative estimate of drug-likeness (QED) is 0.719. The third-order valence-electron chi connectivity index (χ3n) is 2.16. The molecule has 0 heterocycles. The van der Waals surface area contributed by atoms with Crippen LogP contribution < -0.4 is 4.72 Å². The van der Waals surface area contributed by atoms with Gasteiger partial charge in [-0.3, -0.25) is 4.79 Å². The predicted molar refractivity (Wildman–Crippen MR) is 63.1 cm³/mol. The first-order chi connectivity index (χ1) is 8.02. The van der Waals surface area contributed by atoms with Crippen molar-refractivity contribution in [3.8, 4) is 0 Å². The van der Waals surface area contributed by atoms with Crippen LogP contribution in [0.5, 0.6) is 0 Å². The molecule has 5 nitrogen and oxygen atoms in total. The third-order valence-corrected chi connectivity index (χ3v) is 3.64. The van der Waals surface area contributed by atoms with E-state index in [1.807, 2.05) is 0 Å². The third kappa shape index (κ3) is 4.97. The second kappa shape index (κ2) is 6.36. The Labute approximate surface area is 101 Å². The van der Waals surface area contributed by atoms with E-state index in [4.69, 9.17) is 5.11 Å². The van der Waals surface area contributed by atoms with Crippen LogP contribution in [-0.4, -0.2) is 26.0 Å². The molecule has 1 aromatic carbocycles. The van der Waals surface area contributed by atoms with Crippen LogP contribution in [0.15, 0.2) is 35.2 Å². The van der Waals surface area contributed by atoms with Crippen molar-refractivity contribution in [2.75, 3.05) is 6.54 Å². The fraction of sp³-hybridized carbons (Fsp3) is 0.364. The van der Waals surface area contributed by atoms with Crippen molar-refractivity contribution in [3.05, 3.63) is 30.3 Å². The lowest BCUT2D eigenvalue weighted by Gasteiger charge is -2.05. The first-order valence-corrected chi connectivity index (χ1v) is 6.77. The number of carbonyl (C=O) groups is 1. The topological polar surface area (TPSA) is 83.5 Å². The first-order valence-electron chi connectivity index (χ1n) is 5.29.